The third-order valence-corrected chi connectivity index (χ3v) is 2.96. The summed E-state index contributed by atoms with van der Waals surface area (Å²) in [7, 11) is 5.75. The molecular formula is C15H26N2O2. The fraction of sp³-hybridized carbons (Fsp3) is 0.600. The third-order valence-electron chi connectivity index (χ3n) is 2.96. The largest absolute Gasteiger partial charge is 0.507 e. The van der Waals surface area contributed by atoms with Crippen molar-refractivity contribution < 1.29 is 9.84 Å². The summed E-state index contributed by atoms with van der Waals surface area (Å²) in [6.45, 7) is 7.04. The Kier molecular flexibility index (Phi) is 5.63. The summed E-state index contributed by atoms with van der Waals surface area (Å²) in [4.78, 5) is 2.19. The van der Waals surface area contributed by atoms with Crippen molar-refractivity contribution in [3.63, 3.8) is 0 Å². The number of aromatic hydroxyl groups is 1. The second-order valence-corrected chi connectivity index (χ2v) is 6.00. The van der Waals surface area contributed by atoms with Crippen molar-refractivity contribution >= 4 is 0 Å². The van der Waals surface area contributed by atoms with Gasteiger partial charge in [-0.2, -0.15) is 0 Å². The second kappa shape index (κ2) is 6.78. The van der Waals surface area contributed by atoms with E-state index in [1.165, 1.54) is 0 Å². The molecule has 0 aliphatic heterocycles. The number of methoxy groups -OCH3 is 1. The number of rotatable bonds is 7. The van der Waals surface area contributed by atoms with Crippen molar-refractivity contribution in [1.29, 1.82) is 0 Å². The summed E-state index contributed by atoms with van der Waals surface area (Å²) in [5, 5.41) is 13.3. The van der Waals surface area contributed by atoms with E-state index in [4.69, 9.17) is 4.74 Å². The predicted molar refractivity (Wildman–Crippen MR) is 78.7 cm³/mol. The highest BCUT2D eigenvalue weighted by atomic mass is 16.5. The Morgan fingerprint density at radius 3 is 2.53 bits per heavy atom. The Labute approximate surface area is 116 Å². The predicted octanol–water partition coefficient (Wildman–Crippen LogP) is 2.08. The summed E-state index contributed by atoms with van der Waals surface area (Å²) >= 11 is 0. The molecule has 1 aromatic rings. The lowest BCUT2D eigenvalue weighted by Gasteiger charge is -2.28. The fourth-order valence-electron chi connectivity index (χ4n) is 2.27. The lowest BCUT2D eigenvalue weighted by atomic mass is 9.93. The van der Waals surface area contributed by atoms with Crippen molar-refractivity contribution in [3.05, 3.63) is 23.8 Å². The van der Waals surface area contributed by atoms with Crippen LogP contribution in [0.3, 0.4) is 0 Å². The monoisotopic (exact) mass is 266 g/mol. The summed E-state index contributed by atoms with van der Waals surface area (Å²) in [6.07, 6.45) is 0. The lowest BCUT2D eigenvalue weighted by Crippen LogP contribution is -2.37. The quantitative estimate of drug-likeness (QED) is 0.793. The van der Waals surface area contributed by atoms with Crippen LogP contribution in [0.5, 0.6) is 11.5 Å². The van der Waals surface area contributed by atoms with Gasteiger partial charge in [0.2, 0.25) is 0 Å². The number of ether oxygens (including phenoxy) is 1. The first-order valence-corrected chi connectivity index (χ1v) is 6.55. The van der Waals surface area contributed by atoms with E-state index < -0.39 is 0 Å². The van der Waals surface area contributed by atoms with E-state index in [0.29, 0.717) is 12.3 Å². The average molecular weight is 266 g/mol. The Morgan fingerprint density at radius 2 is 2.00 bits per heavy atom. The Hall–Kier alpha value is -1.26. The zero-order valence-corrected chi connectivity index (χ0v) is 12.7. The lowest BCUT2D eigenvalue weighted by molar-refractivity contribution is 0.232. The molecule has 19 heavy (non-hydrogen) atoms. The van der Waals surface area contributed by atoms with E-state index in [0.717, 1.165) is 18.7 Å². The molecule has 0 saturated heterocycles. The van der Waals surface area contributed by atoms with Crippen molar-refractivity contribution in [2.45, 2.75) is 20.4 Å². The molecule has 0 fully saturated rings. The number of phenolic OH excluding ortho intramolecular Hbond substituents is 1. The van der Waals surface area contributed by atoms with E-state index in [1.54, 1.807) is 13.2 Å². The van der Waals surface area contributed by atoms with Crippen LogP contribution in [-0.4, -0.2) is 44.3 Å². The van der Waals surface area contributed by atoms with Gasteiger partial charge in [0.1, 0.15) is 11.5 Å². The minimum Gasteiger partial charge on any atom is -0.507 e. The van der Waals surface area contributed by atoms with Crippen LogP contribution in [0.4, 0.5) is 0 Å². The molecule has 0 atom stereocenters. The molecule has 0 spiro atoms. The molecule has 4 nitrogen and oxygen atoms in total. The minimum absolute atomic E-state index is 0.200. The fourth-order valence-corrected chi connectivity index (χ4v) is 2.27. The molecule has 0 aromatic heterocycles. The molecular weight excluding hydrogens is 240 g/mol. The van der Waals surface area contributed by atoms with Crippen LogP contribution in [0.1, 0.15) is 19.4 Å². The smallest absolute Gasteiger partial charge is 0.123 e. The van der Waals surface area contributed by atoms with Crippen LogP contribution in [-0.2, 0) is 6.54 Å². The van der Waals surface area contributed by atoms with Crippen molar-refractivity contribution in [3.8, 4) is 11.5 Å². The van der Waals surface area contributed by atoms with Crippen LogP contribution in [0.15, 0.2) is 18.2 Å². The van der Waals surface area contributed by atoms with E-state index in [9.17, 15) is 5.11 Å². The number of benzene rings is 1. The van der Waals surface area contributed by atoms with Gasteiger partial charge >= 0.3 is 0 Å². The maximum absolute atomic E-state index is 9.87. The highest BCUT2D eigenvalue weighted by Gasteiger charge is 2.18. The van der Waals surface area contributed by atoms with Crippen LogP contribution >= 0.6 is 0 Å². The number of hydrogen-bond acceptors (Lipinski definition) is 4. The molecule has 0 bridgehead atoms. The zero-order valence-electron chi connectivity index (χ0n) is 12.7. The van der Waals surface area contributed by atoms with Crippen LogP contribution in [0.2, 0.25) is 0 Å². The summed E-state index contributed by atoms with van der Waals surface area (Å²) in [5.41, 5.74) is 1.09. The van der Waals surface area contributed by atoms with Gasteiger partial charge in [-0.15, -0.1) is 0 Å². The number of phenols is 1. The third kappa shape index (κ3) is 5.49. The van der Waals surface area contributed by atoms with Gasteiger partial charge in [-0.25, -0.2) is 0 Å². The Bertz CT molecular complexity index is 403. The van der Waals surface area contributed by atoms with Gasteiger partial charge in [-0.3, -0.25) is 0 Å². The normalized spacial score (nSPS) is 11.9. The van der Waals surface area contributed by atoms with E-state index in [1.807, 2.05) is 12.1 Å². The molecule has 2 N–H and O–H groups in total. The van der Waals surface area contributed by atoms with Crippen LogP contribution < -0.4 is 10.1 Å². The molecule has 108 valence electrons. The SMILES string of the molecule is COc1ccc(CNCC(C)(C)CN(C)C)c(O)c1. The zero-order chi connectivity index (χ0) is 14.5. The summed E-state index contributed by atoms with van der Waals surface area (Å²) in [6, 6.07) is 5.39. The Balaban J connectivity index is 2.49. The molecule has 0 aliphatic rings. The van der Waals surface area contributed by atoms with E-state index >= 15 is 0 Å². The molecule has 0 amide bonds. The molecule has 1 aromatic carbocycles. The van der Waals surface area contributed by atoms with Crippen molar-refractivity contribution in [2.24, 2.45) is 5.41 Å². The number of hydrogen-bond donors (Lipinski definition) is 2. The summed E-state index contributed by atoms with van der Waals surface area (Å²) < 4.78 is 5.07. The number of nitrogens with zero attached hydrogens (tertiary/aromatic N) is 1. The first-order valence-electron chi connectivity index (χ1n) is 6.55. The van der Waals surface area contributed by atoms with Gasteiger partial charge in [0.15, 0.2) is 0 Å². The van der Waals surface area contributed by atoms with Gasteiger partial charge in [-0.05, 0) is 25.6 Å². The van der Waals surface area contributed by atoms with Gasteiger partial charge in [-0.1, -0.05) is 19.9 Å². The Morgan fingerprint density at radius 1 is 1.32 bits per heavy atom. The van der Waals surface area contributed by atoms with Crippen molar-refractivity contribution in [1.82, 2.24) is 10.2 Å². The second-order valence-electron chi connectivity index (χ2n) is 6.00. The molecule has 0 saturated carbocycles. The molecule has 0 radical (unpaired) electrons. The van der Waals surface area contributed by atoms with E-state index in [-0.39, 0.29) is 11.2 Å². The van der Waals surface area contributed by atoms with Gasteiger partial charge in [0.05, 0.1) is 7.11 Å². The molecule has 0 heterocycles. The van der Waals surface area contributed by atoms with Crippen molar-refractivity contribution in [2.75, 3.05) is 34.3 Å². The molecule has 0 aliphatic carbocycles. The summed E-state index contributed by atoms with van der Waals surface area (Å²) in [5.74, 6) is 0.950. The van der Waals surface area contributed by atoms with Crippen LogP contribution in [0.25, 0.3) is 0 Å². The van der Waals surface area contributed by atoms with Gasteiger partial charge < -0.3 is 20.1 Å². The maximum atomic E-state index is 9.87. The van der Waals surface area contributed by atoms with Crippen LogP contribution in [0, 0.1) is 5.41 Å². The average Bonchev–Trinajstić information content (AvgIpc) is 2.29. The van der Waals surface area contributed by atoms with Gasteiger partial charge in [0.25, 0.3) is 0 Å². The first-order chi connectivity index (χ1) is 8.84. The highest BCUT2D eigenvalue weighted by molar-refractivity contribution is 5.39. The minimum atomic E-state index is 0.200. The molecule has 0 unspecified atom stereocenters. The first kappa shape index (κ1) is 15.8. The highest BCUT2D eigenvalue weighted by Crippen LogP contribution is 2.23. The van der Waals surface area contributed by atoms with Gasteiger partial charge in [0, 0.05) is 31.3 Å². The van der Waals surface area contributed by atoms with E-state index in [2.05, 4.69) is 38.2 Å². The molecule has 4 heteroatoms. The maximum Gasteiger partial charge on any atom is 0.123 e. The standard InChI is InChI=1S/C15H26N2O2/c1-15(2,11-17(3)4)10-16-9-12-6-7-13(19-5)8-14(12)18/h6-8,16,18H,9-11H2,1-5H3. The topological polar surface area (TPSA) is 44.7 Å². The number of nitrogens with one attached hydrogen (secondary N) is 1. The molecule has 1 rings (SSSR count).